The molecule has 2 N–H and O–H groups in total. The zero-order valence-electron chi connectivity index (χ0n) is 11.2. The summed E-state index contributed by atoms with van der Waals surface area (Å²) in [6, 6.07) is 13.3. The summed E-state index contributed by atoms with van der Waals surface area (Å²) in [5.74, 6) is 0. The number of hydrogen-bond acceptors (Lipinski definition) is 2. The van der Waals surface area contributed by atoms with E-state index in [0.29, 0.717) is 0 Å². The van der Waals surface area contributed by atoms with Gasteiger partial charge in [-0.25, -0.2) is 0 Å². The molecule has 1 atom stereocenters. The first kappa shape index (κ1) is 12.9. The molecule has 1 heterocycles. The van der Waals surface area contributed by atoms with Crippen LogP contribution in [0, 0.1) is 0 Å². The summed E-state index contributed by atoms with van der Waals surface area (Å²) in [7, 11) is 0. The van der Waals surface area contributed by atoms with Gasteiger partial charge in [0.1, 0.15) is 0 Å². The van der Waals surface area contributed by atoms with Gasteiger partial charge in [0.05, 0.1) is 0 Å². The highest BCUT2D eigenvalue weighted by Gasteiger charge is 2.40. The highest BCUT2D eigenvalue weighted by Crippen LogP contribution is 2.44. The maximum absolute atomic E-state index is 6.64. The van der Waals surface area contributed by atoms with Gasteiger partial charge in [-0.2, -0.15) is 11.3 Å². The van der Waals surface area contributed by atoms with E-state index in [0.717, 1.165) is 6.42 Å². The van der Waals surface area contributed by atoms with E-state index in [4.69, 9.17) is 5.73 Å². The van der Waals surface area contributed by atoms with Crippen LogP contribution in [0.25, 0.3) is 0 Å². The van der Waals surface area contributed by atoms with Crippen LogP contribution in [0.2, 0.25) is 0 Å². The molecule has 1 unspecified atom stereocenters. The third-order valence-electron chi connectivity index (χ3n) is 4.59. The van der Waals surface area contributed by atoms with Gasteiger partial charge in [0, 0.05) is 11.5 Å². The zero-order valence-corrected chi connectivity index (χ0v) is 12.0. The fourth-order valence-electron chi connectivity index (χ4n) is 3.51. The molecule has 0 amide bonds. The van der Waals surface area contributed by atoms with Gasteiger partial charge in [0.25, 0.3) is 0 Å². The van der Waals surface area contributed by atoms with Crippen molar-refractivity contribution in [2.45, 2.75) is 43.6 Å². The summed E-state index contributed by atoms with van der Waals surface area (Å²) >= 11 is 1.76. The molecular weight excluding hydrogens is 250 g/mol. The van der Waals surface area contributed by atoms with Crippen molar-refractivity contribution in [1.82, 2.24) is 0 Å². The van der Waals surface area contributed by atoms with Crippen molar-refractivity contribution in [1.29, 1.82) is 0 Å². The lowest BCUT2D eigenvalue weighted by atomic mass is 9.71. The Kier molecular flexibility index (Phi) is 3.72. The molecular formula is C17H21NS. The maximum Gasteiger partial charge on any atom is 0.0177 e. The lowest BCUT2D eigenvalue weighted by Crippen LogP contribution is -2.45. The Hall–Kier alpha value is -1.12. The largest absolute Gasteiger partial charge is 0.327 e. The van der Waals surface area contributed by atoms with Crippen LogP contribution in [0.4, 0.5) is 0 Å². The summed E-state index contributed by atoms with van der Waals surface area (Å²) in [6.07, 6.45) is 6.10. The van der Waals surface area contributed by atoms with Gasteiger partial charge in [-0.05, 0) is 47.2 Å². The molecule has 1 fully saturated rings. The molecule has 1 aliphatic rings. The van der Waals surface area contributed by atoms with Crippen molar-refractivity contribution in [2.75, 3.05) is 0 Å². The molecule has 1 aliphatic carbocycles. The minimum absolute atomic E-state index is 0.198. The number of hydrogen-bond donors (Lipinski definition) is 1. The Morgan fingerprint density at radius 1 is 1.11 bits per heavy atom. The van der Waals surface area contributed by atoms with Crippen molar-refractivity contribution < 1.29 is 0 Å². The molecule has 1 aromatic heterocycles. The normalized spacial score (nSPS) is 19.4. The van der Waals surface area contributed by atoms with Crippen molar-refractivity contribution in [3.05, 3.63) is 58.3 Å². The summed E-state index contributed by atoms with van der Waals surface area (Å²) in [5.41, 5.74) is 9.67. The van der Waals surface area contributed by atoms with Crippen molar-refractivity contribution >= 4 is 11.3 Å². The van der Waals surface area contributed by atoms with Gasteiger partial charge in [0.2, 0.25) is 0 Å². The van der Waals surface area contributed by atoms with Crippen LogP contribution in [0.5, 0.6) is 0 Å². The van der Waals surface area contributed by atoms with E-state index >= 15 is 0 Å². The minimum atomic E-state index is 0.198. The van der Waals surface area contributed by atoms with Gasteiger partial charge in [-0.3, -0.25) is 0 Å². The van der Waals surface area contributed by atoms with Crippen LogP contribution in [-0.2, 0) is 11.8 Å². The fraction of sp³-hybridized carbons (Fsp3) is 0.412. The molecule has 1 nitrogen and oxygen atoms in total. The highest BCUT2D eigenvalue weighted by atomic mass is 32.1. The van der Waals surface area contributed by atoms with Crippen LogP contribution in [0.3, 0.4) is 0 Å². The second-order valence-electron chi connectivity index (χ2n) is 5.67. The summed E-state index contributed by atoms with van der Waals surface area (Å²) in [4.78, 5) is 0. The first-order valence-corrected chi connectivity index (χ1v) is 8.08. The van der Waals surface area contributed by atoms with E-state index in [1.807, 2.05) is 0 Å². The lowest BCUT2D eigenvalue weighted by molar-refractivity contribution is 0.347. The second-order valence-corrected chi connectivity index (χ2v) is 6.45. The molecule has 19 heavy (non-hydrogen) atoms. The Bertz CT molecular complexity index is 497. The average molecular weight is 271 g/mol. The Labute approximate surface area is 119 Å². The van der Waals surface area contributed by atoms with Gasteiger partial charge in [-0.1, -0.05) is 43.2 Å². The van der Waals surface area contributed by atoms with Gasteiger partial charge in [-0.15, -0.1) is 0 Å². The smallest absolute Gasteiger partial charge is 0.0177 e. The molecule has 0 saturated heterocycles. The topological polar surface area (TPSA) is 26.0 Å². The molecule has 0 aliphatic heterocycles. The number of nitrogens with two attached hydrogens (primary N) is 1. The van der Waals surface area contributed by atoms with Gasteiger partial charge >= 0.3 is 0 Å². The van der Waals surface area contributed by atoms with Gasteiger partial charge < -0.3 is 5.73 Å². The standard InChI is InChI=1S/C17H21NS/c18-16(12-14-8-11-19-13-14)17(9-4-5-10-17)15-6-2-1-3-7-15/h1-3,6-8,11,13,16H,4-5,9-10,12,18H2. The summed E-state index contributed by atoms with van der Waals surface area (Å²) < 4.78 is 0. The predicted molar refractivity (Wildman–Crippen MR) is 82.6 cm³/mol. The van der Waals surface area contributed by atoms with E-state index < -0.39 is 0 Å². The molecule has 2 aromatic rings. The molecule has 0 radical (unpaired) electrons. The Balaban J connectivity index is 1.88. The third-order valence-corrected chi connectivity index (χ3v) is 5.32. The molecule has 1 saturated carbocycles. The van der Waals surface area contributed by atoms with E-state index in [1.54, 1.807) is 11.3 Å². The van der Waals surface area contributed by atoms with Crippen molar-refractivity contribution in [2.24, 2.45) is 5.73 Å². The summed E-state index contributed by atoms with van der Waals surface area (Å²) in [5, 5.41) is 4.37. The Morgan fingerprint density at radius 3 is 2.47 bits per heavy atom. The predicted octanol–water partition coefficient (Wildman–Crippen LogP) is 4.13. The number of benzene rings is 1. The monoisotopic (exact) mass is 271 g/mol. The van der Waals surface area contributed by atoms with E-state index in [1.165, 1.54) is 36.8 Å². The molecule has 3 rings (SSSR count). The van der Waals surface area contributed by atoms with E-state index in [-0.39, 0.29) is 11.5 Å². The first-order valence-electron chi connectivity index (χ1n) is 7.13. The lowest BCUT2D eigenvalue weighted by Gasteiger charge is -2.36. The zero-order chi connectivity index (χ0) is 13.1. The van der Waals surface area contributed by atoms with E-state index in [2.05, 4.69) is 47.2 Å². The molecule has 0 bridgehead atoms. The van der Waals surface area contributed by atoms with E-state index in [9.17, 15) is 0 Å². The molecule has 1 aromatic carbocycles. The molecule has 2 heteroatoms. The van der Waals surface area contributed by atoms with Crippen LogP contribution in [-0.4, -0.2) is 6.04 Å². The summed E-state index contributed by atoms with van der Waals surface area (Å²) in [6.45, 7) is 0. The minimum Gasteiger partial charge on any atom is -0.327 e. The third kappa shape index (κ3) is 2.47. The van der Waals surface area contributed by atoms with Crippen LogP contribution in [0.15, 0.2) is 47.2 Å². The molecule has 100 valence electrons. The SMILES string of the molecule is NC(Cc1ccsc1)C1(c2ccccc2)CCCC1. The fourth-order valence-corrected chi connectivity index (χ4v) is 4.19. The highest BCUT2D eigenvalue weighted by molar-refractivity contribution is 7.07. The van der Waals surface area contributed by atoms with Crippen LogP contribution < -0.4 is 5.73 Å². The quantitative estimate of drug-likeness (QED) is 0.889. The van der Waals surface area contributed by atoms with Gasteiger partial charge in [0.15, 0.2) is 0 Å². The maximum atomic E-state index is 6.64. The van der Waals surface area contributed by atoms with Crippen molar-refractivity contribution in [3.63, 3.8) is 0 Å². The number of thiophene rings is 1. The van der Waals surface area contributed by atoms with Crippen LogP contribution >= 0.6 is 11.3 Å². The molecule has 0 spiro atoms. The first-order chi connectivity index (χ1) is 9.31. The van der Waals surface area contributed by atoms with Crippen molar-refractivity contribution in [3.8, 4) is 0 Å². The Morgan fingerprint density at radius 2 is 1.84 bits per heavy atom. The number of rotatable bonds is 4. The average Bonchev–Trinajstić information content (AvgIpc) is 3.11. The second kappa shape index (κ2) is 5.48. The van der Waals surface area contributed by atoms with Crippen LogP contribution in [0.1, 0.15) is 36.8 Å².